The summed E-state index contributed by atoms with van der Waals surface area (Å²) in [6.07, 6.45) is 4.90. The third-order valence-electron chi connectivity index (χ3n) is 3.85. The molecule has 2 saturated heterocycles. The number of rotatable bonds is 3. The molecule has 2 aliphatic rings. The van der Waals surface area contributed by atoms with E-state index >= 15 is 0 Å². The van der Waals surface area contributed by atoms with Gasteiger partial charge in [-0.2, -0.15) is 11.8 Å². The van der Waals surface area contributed by atoms with Crippen molar-refractivity contribution in [2.45, 2.75) is 50.6 Å². The van der Waals surface area contributed by atoms with E-state index in [-0.39, 0.29) is 24.5 Å². The number of piperidine rings is 1. The van der Waals surface area contributed by atoms with Crippen LogP contribution in [0.3, 0.4) is 0 Å². The number of thioether (sulfide) groups is 1. The van der Waals surface area contributed by atoms with Crippen molar-refractivity contribution in [1.82, 2.24) is 10.2 Å². The highest BCUT2D eigenvalue weighted by Crippen LogP contribution is 2.21. The second-order valence-corrected chi connectivity index (χ2v) is 6.50. The van der Waals surface area contributed by atoms with Gasteiger partial charge in [0.2, 0.25) is 0 Å². The number of carbonyl (C=O) groups excluding carboxylic acids is 1. The second kappa shape index (κ2) is 7.03. The predicted molar refractivity (Wildman–Crippen MR) is 75.5 cm³/mol. The summed E-state index contributed by atoms with van der Waals surface area (Å²) in [5.74, 6) is 1.38. The molecule has 2 N–H and O–H groups in total. The lowest BCUT2D eigenvalue weighted by molar-refractivity contribution is -0.138. The van der Waals surface area contributed by atoms with Gasteiger partial charge in [-0.25, -0.2) is 4.79 Å². The fourth-order valence-electron chi connectivity index (χ4n) is 2.78. The molecule has 0 spiro atoms. The van der Waals surface area contributed by atoms with Gasteiger partial charge in [0.05, 0.1) is 6.42 Å². The van der Waals surface area contributed by atoms with E-state index in [4.69, 9.17) is 5.11 Å². The number of hydrogen-bond donors (Lipinski definition) is 2. The molecule has 0 aromatic heterocycles. The van der Waals surface area contributed by atoms with Crippen LogP contribution in [0.25, 0.3) is 0 Å². The highest BCUT2D eigenvalue weighted by molar-refractivity contribution is 7.99. The molecule has 0 saturated carbocycles. The summed E-state index contributed by atoms with van der Waals surface area (Å²) in [4.78, 5) is 24.9. The Morgan fingerprint density at radius 2 is 1.95 bits per heavy atom. The van der Waals surface area contributed by atoms with Crippen molar-refractivity contribution in [3.8, 4) is 0 Å². The number of nitrogens with zero attached hydrogens (tertiary/aromatic N) is 1. The van der Waals surface area contributed by atoms with Crippen LogP contribution in [0.2, 0.25) is 0 Å². The molecule has 1 unspecified atom stereocenters. The molecule has 0 bridgehead atoms. The lowest BCUT2D eigenvalue weighted by Gasteiger charge is -2.36. The van der Waals surface area contributed by atoms with Crippen molar-refractivity contribution in [2.75, 3.05) is 18.1 Å². The summed E-state index contributed by atoms with van der Waals surface area (Å²) < 4.78 is 0. The molecule has 5 nitrogen and oxygen atoms in total. The fraction of sp³-hybridized carbons (Fsp3) is 0.846. The summed E-state index contributed by atoms with van der Waals surface area (Å²) in [7, 11) is 0. The number of hydrogen-bond acceptors (Lipinski definition) is 3. The minimum absolute atomic E-state index is 0.0634. The number of amides is 2. The number of likely N-dealkylation sites (tertiary alicyclic amines) is 1. The van der Waals surface area contributed by atoms with Crippen LogP contribution < -0.4 is 5.32 Å². The maximum atomic E-state index is 12.3. The molecule has 2 heterocycles. The Labute approximate surface area is 118 Å². The topological polar surface area (TPSA) is 69.6 Å². The van der Waals surface area contributed by atoms with E-state index in [9.17, 15) is 9.59 Å². The number of carboxylic acid groups (broad SMARTS) is 1. The lowest BCUT2D eigenvalue weighted by Crippen LogP contribution is -2.52. The van der Waals surface area contributed by atoms with Crippen molar-refractivity contribution < 1.29 is 14.7 Å². The average molecular weight is 286 g/mol. The molecule has 2 fully saturated rings. The molecule has 0 aliphatic carbocycles. The Morgan fingerprint density at radius 3 is 2.63 bits per heavy atom. The van der Waals surface area contributed by atoms with Crippen LogP contribution in [0.5, 0.6) is 0 Å². The fourth-order valence-corrected chi connectivity index (χ4v) is 3.89. The second-order valence-electron chi connectivity index (χ2n) is 5.28. The first kappa shape index (κ1) is 14.5. The van der Waals surface area contributed by atoms with Crippen molar-refractivity contribution in [1.29, 1.82) is 0 Å². The minimum atomic E-state index is -0.821. The largest absolute Gasteiger partial charge is 0.481 e. The molecule has 0 aromatic carbocycles. The third kappa shape index (κ3) is 4.30. The lowest BCUT2D eigenvalue weighted by atomic mass is 10.00. The molecule has 108 valence electrons. The molecule has 1 atom stereocenters. The smallest absolute Gasteiger partial charge is 0.317 e. The van der Waals surface area contributed by atoms with Crippen LogP contribution >= 0.6 is 11.8 Å². The van der Waals surface area contributed by atoms with Gasteiger partial charge in [-0.15, -0.1) is 0 Å². The minimum Gasteiger partial charge on any atom is -0.481 e. The summed E-state index contributed by atoms with van der Waals surface area (Å²) in [6.45, 7) is 0.686. The zero-order chi connectivity index (χ0) is 13.7. The van der Waals surface area contributed by atoms with Gasteiger partial charge in [0.1, 0.15) is 0 Å². The molecular weight excluding hydrogens is 264 g/mol. The zero-order valence-electron chi connectivity index (χ0n) is 11.1. The van der Waals surface area contributed by atoms with Crippen molar-refractivity contribution in [3.05, 3.63) is 0 Å². The summed E-state index contributed by atoms with van der Waals surface area (Å²) >= 11 is 1.93. The van der Waals surface area contributed by atoms with Gasteiger partial charge in [-0.3, -0.25) is 4.79 Å². The van der Waals surface area contributed by atoms with E-state index in [1.807, 2.05) is 11.8 Å². The first-order valence-electron chi connectivity index (χ1n) is 7.03. The highest BCUT2D eigenvalue weighted by Gasteiger charge is 2.29. The average Bonchev–Trinajstić information content (AvgIpc) is 2.39. The van der Waals surface area contributed by atoms with Gasteiger partial charge < -0.3 is 15.3 Å². The quantitative estimate of drug-likeness (QED) is 0.831. The SMILES string of the molecule is O=C(O)CC1CCCCN1C(=O)NC1CCSCC1. The first-order chi connectivity index (χ1) is 9.16. The van der Waals surface area contributed by atoms with E-state index in [1.54, 1.807) is 4.90 Å². The van der Waals surface area contributed by atoms with Gasteiger partial charge in [0.15, 0.2) is 0 Å². The van der Waals surface area contributed by atoms with Crippen molar-refractivity contribution >= 4 is 23.8 Å². The Balaban J connectivity index is 1.88. The number of carboxylic acids is 1. The van der Waals surface area contributed by atoms with Crippen molar-refractivity contribution in [2.24, 2.45) is 0 Å². The molecule has 0 radical (unpaired) electrons. The maximum Gasteiger partial charge on any atom is 0.317 e. The Hall–Kier alpha value is -0.910. The first-order valence-corrected chi connectivity index (χ1v) is 8.19. The van der Waals surface area contributed by atoms with E-state index in [2.05, 4.69) is 5.32 Å². The zero-order valence-corrected chi connectivity index (χ0v) is 12.0. The summed E-state index contributed by atoms with van der Waals surface area (Å²) in [6, 6.07) is 0.0632. The van der Waals surface area contributed by atoms with Crippen LogP contribution in [-0.4, -0.2) is 52.1 Å². The molecule has 2 aliphatic heterocycles. The van der Waals surface area contributed by atoms with Crippen LogP contribution in [0.1, 0.15) is 38.5 Å². The standard InChI is InChI=1S/C13H22N2O3S/c16-12(17)9-11-3-1-2-6-15(11)13(18)14-10-4-7-19-8-5-10/h10-11H,1-9H2,(H,14,18)(H,16,17). The predicted octanol–water partition coefficient (Wildman–Crippen LogP) is 1.92. The molecular formula is C13H22N2O3S. The van der Waals surface area contributed by atoms with Crippen LogP contribution in [-0.2, 0) is 4.79 Å². The van der Waals surface area contributed by atoms with E-state index in [0.29, 0.717) is 6.54 Å². The summed E-state index contributed by atoms with van der Waals surface area (Å²) in [5.41, 5.74) is 0. The van der Waals surface area contributed by atoms with Crippen LogP contribution in [0.15, 0.2) is 0 Å². The Kier molecular flexibility index (Phi) is 5.36. The van der Waals surface area contributed by atoms with Gasteiger partial charge in [-0.05, 0) is 43.6 Å². The maximum absolute atomic E-state index is 12.3. The molecule has 0 aromatic rings. The van der Waals surface area contributed by atoms with Crippen LogP contribution in [0.4, 0.5) is 4.79 Å². The highest BCUT2D eigenvalue weighted by atomic mass is 32.2. The van der Waals surface area contributed by atoms with Gasteiger partial charge in [-0.1, -0.05) is 0 Å². The number of aliphatic carboxylic acids is 1. The summed E-state index contributed by atoms with van der Waals surface area (Å²) in [5, 5.41) is 12.0. The number of carbonyl (C=O) groups is 2. The van der Waals surface area contributed by atoms with Crippen LogP contribution in [0, 0.1) is 0 Å². The van der Waals surface area contributed by atoms with Crippen molar-refractivity contribution in [3.63, 3.8) is 0 Å². The Bertz CT molecular complexity index is 332. The molecule has 6 heteroatoms. The normalized spacial score (nSPS) is 25.1. The van der Waals surface area contributed by atoms with E-state index < -0.39 is 5.97 Å². The van der Waals surface area contributed by atoms with E-state index in [0.717, 1.165) is 43.6 Å². The molecule has 2 rings (SSSR count). The molecule has 19 heavy (non-hydrogen) atoms. The molecule has 2 amide bonds. The number of nitrogens with one attached hydrogen (secondary N) is 1. The number of urea groups is 1. The monoisotopic (exact) mass is 286 g/mol. The van der Waals surface area contributed by atoms with Gasteiger partial charge in [0.25, 0.3) is 0 Å². The van der Waals surface area contributed by atoms with Gasteiger partial charge >= 0.3 is 12.0 Å². The Morgan fingerprint density at radius 1 is 1.21 bits per heavy atom. The van der Waals surface area contributed by atoms with Gasteiger partial charge in [0, 0.05) is 18.6 Å². The third-order valence-corrected chi connectivity index (χ3v) is 4.90. The van der Waals surface area contributed by atoms with E-state index in [1.165, 1.54) is 0 Å².